The Labute approximate surface area is 118 Å². The predicted octanol–water partition coefficient (Wildman–Crippen LogP) is 3.10. The summed E-state index contributed by atoms with van der Waals surface area (Å²) in [5.41, 5.74) is 2.35. The molecule has 5 heteroatoms. The van der Waals surface area contributed by atoms with E-state index in [0.29, 0.717) is 17.2 Å². The predicted molar refractivity (Wildman–Crippen MR) is 76.1 cm³/mol. The average molecular weight is 282 g/mol. The van der Waals surface area contributed by atoms with Gasteiger partial charge in [0.25, 0.3) is 0 Å². The Morgan fingerprint density at radius 1 is 1.26 bits per heavy atom. The lowest BCUT2D eigenvalue weighted by molar-refractivity contribution is 0.454. The first-order valence-electron chi connectivity index (χ1n) is 6.35. The van der Waals surface area contributed by atoms with Gasteiger partial charge in [-0.05, 0) is 37.6 Å². The number of nitrogens with one attached hydrogen (secondary N) is 2. The van der Waals surface area contributed by atoms with E-state index >= 15 is 0 Å². The highest BCUT2D eigenvalue weighted by Gasteiger charge is 2.18. The normalized spacial score (nSPS) is 18.9. The molecule has 0 radical (unpaired) electrons. The minimum Gasteiger partial charge on any atom is -0.316 e. The molecular weight excluding hydrogens is 265 g/mol. The average Bonchev–Trinajstić information content (AvgIpc) is 2.90. The third kappa shape index (κ3) is 2.96. The molecule has 19 heavy (non-hydrogen) atoms. The zero-order valence-corrected chi connectivity index (χ0v) is 11.3. The molecule has 0 aliphatic carbocycles. The van der Waals surface area contributed by atoms with Crippen molar-refractivity contribution in [2.24, 2.45) is 0 Å². The number of H-pyrrole nitrogens is 1. The monoisotopic (exact) mass is 281 g/mol. The number of nitrogens with zero attached hydrogens (tertiary/aromatic N) is 1. The topological polar surface area (TPSA) is 40.7 Å². The van der Waals surface area contributed by atoms with Crippen LogP contribution in [0.4, 0.5) is 4.39 Å². The fourth-order valence-electron chi connectivity index (χ4n) is 2.47. The molecule has 1 aromatic carbocycles. The summed E-state index contributed by atoms with van der Waals surface area (Å²) in [7, 11) is 0. The molecule has 2 N–H and O–H groups in total. The summed E-state index contributed by atoms with van der Waals surface area (Å²) in [6, 6.07) is 8.71. The van der Waals surface area contributed by atoms with E-state index in [4.69, 9.17) is 0 Å². The minimum absolute atomic E-state index is 0. The van der Waals surface area contributed by atoms with Gasteiger partial charge in [-0.3, -0.25) is 5.10 Å². The summed E-state index contributed by atoms with van der Waals surface area (Å²) >= 11 is 0. The van der Waals surface area contributed by atoms with Crippen molar-refractivity contribution in [2.45, 2.75) is 18.8 Å². The second-order valence-corrected chi connectivity index (χ2v) is 4.73. The largest absolute Gasteiger partial charge is 0.316 e. The van der Waals surface area contributed by atoms with E-state index < -0.39 is 0 Å². The van der Waals surface area contributed by atoms with Crippen molar-refractivity contribution in [1.29, 1.82) is 0 Å². The van der Waals surface area contributed by atoms with Crippen LogP contribution in [0.1, 0.15) is 24.5 Å². The summed E-state index contributed by atoms with van der Waals surface area (Å²) in [4.78, 5) is 0. The maximum atomic E-state index is 13.7. The number of aromatic nitrogens is 2. The van der Waals surface area contributed by atoms with Gasteiger partial charge in [-0.2, -0.15) is 5.10 Å². The summed E-state index contributed by atoms with van der Waals surface area (Å²) < 4.78 is 13.7. The molecule has 1 fully saturated rings. The van der Waals surface area contributed by atoms with Crippen molar-refractivity contribution in [1.82, 2.24) is 15.5 Å². The lowest BCUT2D eigenvalue weighted by atomic mass is 9.96. The van der Waals surface area contributed by atoms with Crippen molar-refractivity contribution in [3.8, 4) is 11.3 Å². The molecule has 1 aromatic heterocycles. The van der Waals surface area contributed by atoms with Crippen LogP contribution in [0.5, 0.6) is 0 Å². The number of rotatable bonds is 2. The van der Waals surface area contributed by atoms with Crippen molar-refractivity contribution in [3.63, 3.8) is 0 Å². The Hall–Kier alpha value is -1.39. The van der Waals surface area contributed by atoms with Gasteiger partial charge in [-0.15, -0.1) is 12.4 Å². The molecule has 1 saturated heterocycles. The van der Waals surface area contributed by atoms with Crippen LogP contribution in [0.15, 0.2) is 30.3 Å². The van der Waals surface area contributed by atoms with Gasteiger partial charge >= 0.3 is 0 Å². The number of hydrogen-bond donors (Lipinski definition) is 2. The molecule has 102 valence electrons. The first kappa shape index (κ1) is 14.0. The van der Waals surface area contributed by atoms with Crippen molar-refractivity contribution >= 4 is 12.4 Å². The summed E-state index contributed by atoms with van der Waals surface area (Å²) in [6.07, 6.45) is 2.34. The van der Waals surface area contributed by atoms with E-state index in [1.807, 2.05) is 12.1 Å². The molecule has 0 bridgehead atoms. The van der Waals surface area contributed by atoms with Gasteiger partial charge in [-0.1, -0.05) is 12.1 Å². The number of halogens is 2. The van der Waals surface area contributed by atoms with Crippen LogP contribution < -0.4 is 5.32 Å². The highest BCUT2D eigenvalue weighted by molar-refractivity contribution is 5.85. The Morgan fingerprint density at radius 2 is 2.11 bits per heavy atom. The quantitative estimate of drug-likeness (QED) is 0.888. The molecular formula is C14H17ClFN3. The molecule has 0 saturated carbocycles. The van der Waals surface area contributed by atoms with Crippen LogP contribution in [-0.4, -0.2) is 23.3 Å². The van der Waals surface area contributed by atoms with E-state index in [9.17, 15) is 4.39 Å². The summed E-state index contributed by atoms with van der Waals surface area (Å²) in [5, 5.41) is 10.6. The maximum absolute atomic E-state index is 13.7. The van der Waals surface area contributed by atoms with E-state index in [2.05, 4.69) is 15.5 Å². The Kier molecular flexibility index (Phi) is 4.56. The van der Waals surface area contributed by atoms with E-state index in [1.165, 1.54) is 12.5 Å². The fourth-order valence-corrected chi connectivity index (χ4v) is 2.47. The van der Waals surface area contributed by atoms with Crippen LogP contribution in [-0.2, 0) is 0 Å². The number of benzene rings is 1. The number of hydrogen-bond acceptors (Lipinski definition) is 2. The van der Waals surface area contributed by atoms with Gasteiger partial charge in [0.1, 0.15) is 5.82 Å². The Morgan fingerprint density at radius 3 is 2.84 bits per heavy atom. The van der Waals surface area contributed by atoms with E-state index in [1.54, 1.807) is 12.1 Å². The molecule has 2 aromatic rings. The van der Waals surface area contributed by atoms with Gasteiger partial charge in [0.2, 0.25) is 0 Å². The Bertz CT molecular complexity index is 535. The SMILES string of the molecule is Cl.Fc1ccccc1-c1cc(C2CCCNC2)[nH]n1. The molecule has 2 heterocycles. The number of piperidine rings is 1. The zero-order chi connectivity index (χ0) is 12.4. The molecule has 1 unspecified atom stereocenters. The third-order valence-corrected chi connectivity index (χ3v) is 3.48. The van der Waals surface area contributed by atoms with Crippen molar-refractivity contribution < 1.29 is 4.39 Å². The van der Waals surface area contributed by atoms with E-state index in [0.717, 1.165) is 25.2 Å². The van der Waals surface area contributed by atoms with E-state index in [-0.39, 0.29) is 18.2 Å². The van der Waals surface area contributed by atoms with Crippen LogP contribution in [0.3, 0.4) is 0 Å². The minimum atomic E-state index is -0.225. The van der Waals surface area contributed by atoms with Crippen molar-refractivity contribution in [3.05, 3.63) is 41.8 Å². The first-order valence-corrected chi connectivity index (χ1v) is 6.35. The van der Waals surface area contributed by atoms with Gasteiger partial charge in [-0.25, -0.2) is 4.39 Å². The highest BCUT2D eigenvalue weighted by atomic mass is 35.5. The van der Waals surface area contributed by atoms with Gasteiger partial charge in [0.05, 0.1) is 5.69 Å². The molecule has 3 nitrogen and oxygen atoms in total. The van der Waals surface area contributed by atoms with Crippen LogP contribution in [0, 0.1) is 5.82 Å². The van der Waals surface area contributed by atoms with Crippen LogP contribution in [0.25, 0.3) is 11.3 Å². The molecule has 1 atom stereocenters. The first-order chi connectivity index (χ1) is 8.84. The lowest BCUT2D eigenvalue weighted by Crippen LogP contribution is -2.28. The van der Waals surface area contributed by atoms with Gasteiger partial charge < -0.3 is 5.32 Å². The summed E-state index contributed by atoms with van der Waals surface area (Å²) in [5.74, 6) is 0.240. The summed E-state index contributed by atoms with van der Waals surface area (Å²) in [6.45, 7) is 2.06. The second-order valence-electron chi connectivity index (χ2n) is 4.73. The zero-order valence-electron chi connectivity index (χ0n) is 10.5. The lowest BCUT2D eigenvalue weighted by Gasteiger charge is -2.21. The fraction of sp³-hybridized carbons (Fsp3) is 0.357. The highest BCUT2D eigenvalue weighted by Crippen LogP contribution is 2.26. The molecule has 1 aliphatic heterocycles. The van der Waals surface area contributed by atoms with Gasteiger partial charge in [0, 0.05) is 23.7 Å². The maximum Gasteiger partial charge on any atom is 0.132 e. The Balaban J connectivity index is 0.00000133. The standard InChI is InChI=1S/C14H16FN3.ClH/c15-12-6-2-1-5-11(12)14-8-13(17-18-14)10-4-3-7-16-9-10;/h1-2,5-6,8,10,16H,3-4,7,9H2,(H,17,18);1H. The van der Waals surface area contributed by atoms with Gasteiger partial charge in [0.15, 0.2) is 0 Å². The molecule has 0 spiro atoms. The van der Waals surface area contributed by atoms with Crippen LogP contribution >= 0.6 is 12.4 Å². The third-order valence-electron chi connectivity index (χ3n) is 3.48. The molecule has 0 amide bonds. The molecule has 3 rings (SSSR count). The molecule has 1 aliphatic rings. The second kappa shape index (κ2) is 6.17. The van der Waals surface area contributed by atoms with Crippen LogP contribution in [0.2, 0.25) is 0 Å². The smallest absolute Gasteiger partial charge is 0.132 e. The van der Waals surface area contributed by atoms with Crippen molar-refractivity contribution in [2.75, 3.05) is 13.1 Å². The number of aromatic amines is 1.